The molecule has 0 aromatic rings. The van der Waals surface area contributed by atoms with Crippen LogP contribution in [0.15, 0.2) is 0 Å². The third-order valence-electron chi connectivity index (χ3n) is 7.03. The summed E-state index contributed by atoms with van der Waals surface area (Å²) < 4.78 is 23.3. The van der Waals surface area contributed by atoms with E-state index < -0.39 is 7.82 Å². The van der Waals surface area contributed by atoms with E-state index in [-0.39, 0.29) is 0 Å². The third-order valence-corrected chi connectivity index (χ3v) is 8.05. The number of piperidine rings is 1. The van der Waals surface area contributed by atoms with Gasteiger partial charge in [0.15, 0.2) is 0 Å². The van der Waals surface area contributed by atoms with Gasteiger partial charge in [0.25, 0.3) is 0 Å². The fraction of sp³-hybridized carbons (Fsp3) is 1.00. The molecule has 0 aromatic heterocycles. The van der Waals surface area contributed by atoms with Crippen LogP contribution in [0.5, 0.6) is 0 Å². The lowest BCUT2D eigenvalue weighted by Crippen LogP contribution is -2.49. The van der Waals surface area contributed by atoms with Crippen LogP contribution in [0.1, 0.15) is 129 Å². The van der Waals surface area contributed by atoms with E-state index in [2.05, 4.69) is 14.0 Å². The van der Waals surface area contributed by atoms with E-state index >= 15 is 0 Å². The number of hydrogen-bond donors (Lipinski definition) is 1. The Morgan fingerprint density at radius 1 is 0.656 bits per heavy atom. The highest BCUT2D eigenvalue weighted by Crippen LogP contribution is 2.43. The van der Waals surface area contributed by atoms with Gasteiger partial charge in [-0.05, 0) is 25.7 Å². The van der Waals surface area contributed by atoms with Crippen LogP contribution in [0.4, 0.5) is 0 Å². The molecule has 6 heteroatoms. The lowest BCUT2D eigenvalue weighted by molar-refractivity contribution is -0.914. The minimum Gasteiger partial charge on any atom is -0.324 e. The first kappa shape index (κ1) is 30.1. The van der Waals surface area contributed by atoms with Crippen LogP contribution in [0.2, 0.25) is 0 Å². The summed E-state index contributed by atoms with van der Waals surface area (Å²) >= 11 is 0. The summed E-state index contributed by atoms with van der Waals surface area (Å²) in [6.07, 6.45) is 24.9. The zero-order chi connectivity index (χ0) is 23.4. The summed E-state index contributed by atoms with van der Waals surface area (Å²) in [6.45, 7) is 5.95. The molecule has 0 bridgehead atoms. The summed E-state index contributed by atoms with van der Waals surface area (Å²) in [5.41, 5.74) is 0. The molecular weight excluding hydrogens is 421 g/mol. The zero-order valence-corrected chi connectivity index (χ0v) is 22.4. The maximum Gasteiger partial charge on any atom is 0.472 e. The van der Waals surface area contributed by atoms with Crippen LogP contribution < -0.4 is 0 Å². The van der Waals surface area contributed by atoms with Crippen molar-refractivity contribution >= 4 is 7.82 Å². The Balaban J connectivity index is 1.82. The maximum absolute atomic E-state index is 12.0. The van der Waals surface area contributed by atoms with E-state index in [1.807, 2.05) is 0 Å². The quantitative estimate of drug-likeness (QED) is 0.0976. The van der Waals surface area contributed by atoms with Gasteiger partial charge in [-0.1, -0.05) is 103 Å². The highest BCUT2D eigenvalue weighted by molar-refractivity contribution is 7.47. The van der Waals surface area contributed by atoms with Crippen molar-refractivity contribution < 1.29 is 23.0 Å². The number of hydrogen-bond acceptors (Lipinski definition) is 3. The molecule has 0 radical (unpaired) electrons. The second kappa shape index (κ2) is 19.4. The highest BCUT2D eigenvalue weighted by atomic mass is 31.2. The molecule has 1 saturated heterocycles. The Labute approximate surface area is 199 Å². The summed E-state index contributed by atoms with van der Waals surface area (Å²) in [5.74, 6) is 0. The van der Waals surface area contributed by atoms with Gasteiger partial charge in [0.05, 0.1) is 26.7 Å². The molecule has 1 fully saturated rings. The minimum absolute atomic E-state index is 0.295. The molecule has 5 nitrogen and oxygen atoms in total. The van der Waals surface area contributed by atoms with Crippen molar-refractivity contribution in [2.24, 2.45) is 0 Å². The molecule has 1 unspecified atom stereocenters. The number of unbranched alkanes of at least 4 members (excludes halogenated alkanes) is 15. The van der Waals surface area contributed by atoms with Crippen LogP contribution in [0, 0.1) is 0 Å². The Morgan fingerprint density at radius 3 is 1.53 bits per heavy atom. The first-order chi connectivity index (χ1) is 15.5. The SMILES string of the molecule is CCCCCCCCCCCCCCCCCCOP(=O)(O)OCC[N+]1(C)CCCCC1. The molecule has 0 aliphatic carbocycles. The maximum atomic E-state index is 12.0. The van der Waals surface area contributed by atoms with Crippen LogP contribution in [0.3, 0.4) is 0 Å². The molecule has 1 atom stereocenters. The van der Waals surface area contributed by atoms with Crippen molar-refractivity contribution in [3.05, 3.63) is 0 Å². The molecular formula is C26H55NO4P+. The van der Waals surface area contributed by atoms with Crippen molar-refractivity contribution in [2.45, 2.75) is 129 Å². The van der Waals surface area contributed by atoms with Gasteiger partial charge in [0.2, 0.25) is 0 Å². The predicted molar refractivity (Wildman–Crippen MR) is 136 cm³/mol. The molecule has 1 N–H and O–H groups in total. The second-order valence-electron chi connectivity index (χ2n) is 10.3. The molecule has 192 valence electrons. The molecule has 1 aliphatic heterocycles. The van der Waals surface area contributed by atoms with Crippen molar-refractivity contribution in [1.29, 1.82) is 0 Å². The normalized spacial score (nSPS) is 18.0. The Hall–Kier alpha value is 0.0700. The summed E-state index contributed by atoms with van der Waals surface area (Å²) in [6, 6.07) is 0. The van der Waals surface area contributed by atoms with E-state index in [1.54, 1.807) is 0 Å². The summed E-state index contributed by atoms with van der Waals surface area (Å²) in [5, 5.41) is 0. The average molecular weight is 477 g/mol. The van der Waals surface area contributed by atoms with Gasteiger partial charge in [0.1, 0.15) is 13.2 Å². The van der Waals surface area contributed by atoms with Crippen LogP contribution in [0.25, 0.3) is 0 Å². The zero-order valence-electron chi connectivity index (χ0n) is 21.5. The molecule has 0 aromatic carbocycles. The molecule has 0 spiro atoms. The molecule has 0 saturated carbocycles. The fourth-order valence-electron chi connectivity index (χ4n) is 4.74. The Bertz CT molecular complexity index is 469. The predicted octanol–water partition coefficient (Wildman–Crippen LogP) is 8.01. The van der Waals surface area contributed by atoms with Gasteiger partial charge >= 0.3 is 7.82 Å². The first-order valence-electron chi connectivity index (χ1n) is 13.9. The van der Waals surface area contributed by atoms with Crippen LogP contribution in [-0.4, -0.2) is 49.3 Å². The Kier molecular flexibility index (Phi) is 18.2. The standard InChI is InChI=1S/C26H54NO4P/c1-3-4-5-6-7-8-9-10-11-12-13-14-15-16-17-21-25-30-32(28,29)31-26-24-27(2)22-19-18-20-23-27/h3-26H2,1-2H3/p+1. The van der Waals surface area contributed by atoms with Crippen LogP contribution >= 0.6 is 7.82 Å². The fourth-order valence-corrected chi connectivity index (χ4v) is 5.49. The lowest BCUT2D eigenvalue weighted by Gasteiger charge is -2.37. The van der Waals surface area contributed by atoms with Crippen molar-refractivity contribution in [2.75, 3.05) is 39.9 Å². The monoisotopic (exact) mass is 476 g/mol. The van der Waals surface area contributed by atoms with Gasteiger partial charge < -0.3 is 9.38 Å². The smallest absolute Gasteiger partial charge is 0.324 e. The number of rotatable bonds is 22. The number of nitrogens with zero attached hydrogens (tertiary/aromatic N) is 1. The summed E-state index contributed by atoms with van der Waals surface area (Å²) in [7, 11) is -1.68. The number of likely N-dealkylation sites (tertiary alicyclic amines) is 1. The topological polar surface area (TPSA) is 55.8 Å². The lowest BCUT2D eigenvalue weighted by atomic mass is 10.0. The van der Waals surface area contributed by atoms with Gasteiger partial charge in [0, 0.05) is 0 Å². The molecule has 1 heterocycles. The van der Waals surface area contributed by atoms with E-state index in [4.69, 9.17) is 9.05 Å². The van der Waals surface area contributed by atoms with Gasteiger partial charge in [-0.25, -0.2) is 4.57 Å². The van der Waals surface area contributed by atoms with E-state index in [0.29, 0.717) is 13.2 Å². The average Bonchev–Trinajstić information content (AvgIpc) is 2.76. The van der Waals surface area contributed by atoms with E-state index in [9.17, 15) is 9.46 Å². The molecule has 32 heavy (non-hydrogen) atoms. The van der Waals surface area contributed by atoms with Crippen molar-refractivity contribution in [3.8, 4) is 0 Å². The number of phosphoric ester groups is 1. The number of quaternary nitrogens is 1. The van der Waals surface area contributed by atoms with Gasteiger partial charge in [-0.2, -0.15) is 0 Å². The molecule has 1 rings (SSSR count). The number of phosphoric acid groups is 1. The van der Waals surface area contributed by atoms with E-state index in [1.165, 1.54) is 109 Å². The van der Waals surface area contributed by atoms with Gasteiger partial charge in [-0.3, -0.25) is 9.05 Å². The first-order valence-corrected chi connectivity index (χ1v) is 15.4. The minimum atomic E-state index is -3.89. The molecule has 1 aliphatic rings. The Morgan fingerprint density at radius 2 is 1.06 bits per heavy atom. The van der Waals surface area contributed by atoms with Crippen molar-refractivity contribution in [1.82, 2.24) is 0 Å². The largest absolute Gasteiger partial charge is 0.472 e. The number of likely N-dealkylation sites (N-methyl/N-ethyl adjacent to an activating group) is 1. The third kappa shape index (κ3) is 17.5. The van der Waals surface area contributed by atoms with E-state index in [0.717, 1.165) is 37.0 Å². The highest BCUT2D eigenvalue weighted by Gasteiger charge is 2.27. The van der Waals surface area contributed by atoms with Crippen LogP contribution in [-0.2, 0) is 13.6 Å². The van der Waals surface area contributed by atoms with Gasteiger partial charge in [-0.15, -0.1) is 0 Å². The second-order valence-corrected chi connectivity index (χ2v) is 11.7. The summed E-state index contributed by atoms with van der Waals surface area (Å²) in [4.78, 5) is 9.86. The van der Waals surface area contributed by atoms with Crippen molar-refractivity contribution in [3.63, 3.8) is 0 Å². The molecule has 0 amide bonds.